The van der Waals surface area contributed by atoms with Crippen LogP contribution in [0.2, 0.25) is 0 Å². The second-order valence-electron chi connectivity index (χ2n) is 4.36. The Labute approximate surface area is 136 Å². The standard InChI is InChI=1S/C15H16BrN3O3/c1-4-7-19-9-11(16)14(18-19)17-15(20)10-5-6-12(21-2)13(8-10)22-3/h4-6,8-9H,1,7H2,2-3H3,(H,17,18,20). The maximum absolute atomic E-state index is 12.3. The highest BCUT2D eigenvalue weighted by Crippen LogP contribution is 2.28. The van der Waals surface area contributed by atoms with E-state index in [1.807, 2.05) is 0 Å². The van der Waals surface area contributed by atoms with Crippen LogP contribution in [0, 0.1) is 0 Å². The first-order valence-electron chi connectivity index (χ1n) is 6.46. The van der Waals surface area contributed by atoms with E-state index >= 15 is 0 Å². The van der Waals surface area contributed by atoms with E-state index in [1.165, 1.54) is 7.11 Å². The molecule has 0 spiro atoms. The normalized spacial score (nSPS) is 10.1. The van der Waals surface area contributed by atoms with Crippen LogP contribution in [-0.4, -0.2) is 29.9 Å². The predicted octanol–water partition coefficient (Wildman–Crippen LogP) is 3.10. The van der Waals surface area contributed by atoms with Gasteiger partial charge in [-0.05, 0) is 34.1 Å². The summed E-state index contributed by atoms with van der Waals surface area (Å²) < 4.78 is 12.7. The highest BCUT2D eigenvalue weighted by Gasteiger charge is 2.14. The fourth-order valence-corrected chi connectivity index (χ4v) is 2.28. The minimum atomic E-state index is -0.287. The maximum atomic E-state index is 12.3. The van der Waals surface area contributed by atoms with Crippen LogP contribution in [0.15, 0.2) is 41.5 Å². The van der Waals surface area contributed by atoms with Crippen molar-refractivity contribution in [2.24, 2.45) is 0 Å². The number of amides is 1. The Morgan fingerprint density at radius 3 is 2.77 bits per heavy atom. The van der Waals surface area contributed by atoms with Gasteiger partial charge < -0.3 is 14.8 Å². The third-order valence-corrected chi connectivity index (χ3v) is 3.49. The lowest BCUT2D eigenvalue weighted by Crippen LogP contribution is -2.13. The molecule has 0 atom stereocenters. The van der Waals surface area contributed by atoms with Crippen LogP contribution >= 0.6 is 15.9 Å². The zero-order chi connectivity index (χ0) is 16.1. The van der Waals surface area contributed by atoms with E-state index in [9.17, 15) is 4.79 Å². The second-order valence-corrected chi connectivity index (χ2v) is 5.21. The van der Waals surface area contributed by atoms with Gasteiger partial charge in [0, 0.05) is 11.8 Å². The molecule has 0 aliphatic heterocycles. The van der Waals surface area contributed by atoms with Crippen molar-refractivity contribution in [3.63, 3.8) is 0 Å². The van der Waals surface area contributed by atoms with Crippen LogP contribution in [0.5, 0.6) is 11.5 Å². The fraction of sp³-hybridized carbons (Fsp3) is 0.200. The van der Waals surface area contributed by atoms with Gasteiger partial charge >= 0.3 is 0 Å². The highest BCUT2D eigenvalue weighted by atomic mass is 79.9. The number of allylic oxidation sites excluding steroid dienone is 1. The molecule has 7 heteroatoms. The number of carbonyl (C=O) groups is 1. The molecule has 1 amide bonds. The molecule has 6 nitrogen and oxygen atoms in total. The number of anilines is 1. The maximum Gasteiger partial charge on any atom is 0.257 e. The van der Waals surface area contributed by atoms with E-state index in [2.05, 4.69) is 32.9 Å². The minimum absolute atomic E-state index is 0.287. The average Bonchev–Trinajstić information content (AvgIpc) is 2.86. The summed E-state index contributed by atoms with van der Waals surface area (Å²) in [4.78, 5) is 12.3. The van der Waals surface area contributed by atoms with Gasteiger partial charge in [-0.2, -0.15) is 5.10 Å². The summed E-state index contributed by atoms with van der Waals surface area (Å²) in [7, 11) is 3.06. The molecule has 0 fully saturated rings. The Balaban J connectivity index is 2.20. The lowest BCUT2D eigenvalue weighted by molar-refractivity contribution is 0.102. The number of ether oxygens (including phenoxy) is 2. The number of nitrogens with one attached hydrogen (secondary N) is 1. The number of rotatable bonds is 6. The van der Waals surface area contributed by atoms with E-state index in [1.54, 1.807) is 42.3 Å². The molecule has 0 saturated carbocycles. The number of methoxy groups -OCH3 is 2. The molecule has 0 aliphatic rings. The lowest BCUT2D eigenvalue weighted by atomic mass is 10.2. The molecule has 1 N–H and O–H groups in total. The summed E-state index contributed by atoms with van der Waals surface area (Å²) in [6.07, 6.45) is 3.49. The van der Waals surface area contributed by atoms with Crippen molar-refractivity contribution in [1.82, 2.24) is 9.78 Å². The van der Waals surface area contributed by atoms with Crippen LogP contribution < -0.4 is 14.8 Å². The summed E-state index contributed by atoms with van der Waals surface area (Å²) in [6, 6.07) is 4.95. The fourth-order valence-electron chi connectivity index (χ4n) is 1.86. The Kier molecular flexibility index (Phi) is 5.21. The molecule has 116 valence electrons. The van der Waals surface area contributed by atoms with Crippen LogP contribution in [0.4, 0.5) is 5.82 Å². The van der Waals surface area contributed by atoms with Gasteiger partial charge in [0.2, 0.25) is 0 Å². The van der Waals surface area contributed by atoms with Crippen LogP contribution in [0.1, 0.15) is 10.4 Å². The number of carbonyl (C=O) groups excluding carboxylic acids is 1. The van der Waals surface area contributed by atoms with Crippen LogP contribution in [0.3, 0.4) is 0 Å². The van der Waals surface area contributed by atoms with Gasteiger partial charge in [-0.1, -0.05) is 6.08 Å². The Morgan fingerprint density at radius 1 is 1.41 bits per heavy atom. The first kappa shape index (κ1) is 16.1. The van der Waals surface area contributed by atoms with Crippen molar-refractivity contribution in [3.05, 3.63) is 47.1 Å². The smallest absolute Gasteiger partial charge is 0.257 e. The molecule has 0 bridgehead atoms. The van der Waals surface area contributed by atoms with Gasteiger partial charge in [0.25, 0.3) is 5.91 Å². The largest absolute Gasteiger partial charge is 0.493 e. The molecule has 2 rings (SSSR count). The summed E-state index contributed by atoms with van der Waals surface area (Å²) in [5, 5.41) is 7.00. The predicted molar refractivity (Wildman–Crippen MR) is 87.6 cm³/mol. The second kappa shape index (κ2) is 7.13. The number of aromatic nitrogens is 2. The Bertz CT molecular complexity index is 697. The molecule has 0 saturated heterocycles. The average molecular weight is 366 g/mol. The first-order chi connectivity index (χ1) is 10.6. The molecule has 1 heterocycles. The number of benzene rings is 1. The molecule has 22 heavy (non-hydrogen) atoms. The summed E-state index contributed by atoms with van der Waals surface area (Å²) >= 11 is 3.36. The van der Waals surface area contributed by atoms with Crippen molar-refractivity contribution >= 4 is 27.7 Å². The zero-order valence-corrected chi connectivity index (χ0v) is 13.9. The first-order valence-corrected chi connectivity index (χ1v) is 7.25. The van der Waals surface area contributed by atoms with Crippen molar-refractivity contribution in [1.29, 1.82) is 0 Å². The molecule has 0 radical (unpaired) electrons. The molecule has 0 unspecified atom stereocenters. The summed E-state index contributed by atoms with van der Waals surface area (Å²) in [6.45, 7) is 4.21. The molecule has 0 aliphatic carbocycles. The van der Waals surface area contributed by atoms with E-state index in [0.717, 1.165) is 0 Å². The van der Waals surface area contributed by atoms with Gasteiger partial charge in [0.15, 0.2) is 17.3 Å². The Hall–Kier alpha value is -2.28. The van der Waals surface area contributed by atoms with E-state index in [0.29, 0.717) is 33.9 Å². The molecule has 1 aromatic heterocycles. The van der Waals surface area contributed by atoms with Crippen molar-refractivity contribution in [3.8, 4) is 11.5 Å². The third kappa shape index (κ3) is 3.48. The topological polar surface area (TPSA) is 65.4 Å². The van der Waals surface area contributed by atoms with Gasteiger partial charge in [0.05, 0.1) is 25.2 Å². The highest BCUT2D eigenvalue weighted by molar-refractivity contribution is 9.10. The molecule has 2 aromatic rings. The number of hydrogen-bond acceptors (Lipinski definition) is 4. The van der Waals surface area contributed by atoms with Crippen molar-refractivity contribution in [2.45, 2.75) is 6.54 Å². The zero-order valence-electron chi connectivity index (χ0n) is 12.3. The number of halogens is 1. The quantitative estimate of drug-likeness (QED) is 0.798. The van der Waals surface area contributed by atoms with Crippen LogP contribution in [-0.2, 0) is 6.54 Å². The van der Waals surface area contributed by atoms with Gasteiger partial charge in [-0.3, -0.25) is 9.48 Å². The third-order valence-electron chi connectivity index (χ3n) is 2.91. The number of hydrogen-bond donors (Lipinski definition) is 1. The summed E-state index contributed by atoms with van der Waals surface area (Å²) in [5.41, 5.74) is 0.447. The molecular weight excluding hydrogens is 350 g/mol. The van der Waals surface area contributed by atoms with Gasteiger partial charge in [0.1, 0.15) is 0 Å². The molecular formula is C15H16BrN3O3. The van der Waals surface area contributed by atoms with E-state index in [4.69, 9.17) is 9.47 Å². The van der Waals surface area contributed by atoms with Crippen molar-refractivity contribution in [2.75, 3.05) is 19.5 Å². The monoisotopic (exact) mass is 365 g/mol. The van der Waals surface area contributed by atoms with Gasteiger partial charge in [-0.15, -0.1) is 6.58 Å². The Morgan fingerprint density at radius 2 is 2.14 bits per heavy atom. The SMILES string of the molecule is C=CCn1cc(Br)c(NC(=O)c2ccc(OC)c(OC)c2)n1. The van der Waals surface area contributed by atoms with Crippen LogP contribution in [0.25, 0.3) is 0 Å². The number of nitrogens with zero attached hydrogens (tertiary/aromatic N) is 2. The lowest BCUT2D eigenvalue weighted by Gasteiger charge is -2.09. The van der Waals surface area contributed by atoms with Crippen molar-refractivity contribution < 1.29 is 14.3 Å². The van der Waals surface area contributed by atoms with E-state index < -0.39 is 0 Å². The minimum Gasteiger partial charge on any atom is -0.493 e. The molecule has 1 aromatic carbocycles. The van der Waals surface area contributed by atoms with E-state index in [-0.39, 0.29) is 5.91 Å². The van der Waals surface area contributed by atoms with Gasteiger partial charge in [-0.25, -0.2) is 0 Å². The summed E-state index contributed by atoms with van der Waals surface area (Å²) in [5.74, 6) is 1.22.